The molecule has 2 N–H and O–H groups in total. The Bertz CT molecular complexity index is 443. The molecule has 0 aliphatic carbocycles. The predicted molar refractivity (Wildman–Crippen MR) is 67.3 cm³/mol. The average molecular weight is 236 g/mol. The number of anilines is 1. The van der Waals surface area contributed by atoms with Gasteiger partial charge in [-0.15, -0.1) is 6.58 Å². The molecule has 1 aromatic rings. The number of benzene rings is 1. The van der Waals surface area contributed by atoms with Crippen LogP contribution in [0.2, 0.25) is 0 Å². The number of nitrogen functional groups attached to an aromatic ring is 1. The highest BCUT2D eigenvalue weighted by Crippen LogP contribution is 2.18. The molecule has 4 heteroatoms. The molecule has 0 saturated heterocycles. The summed E-state index contributed by atoms with van der Waals surface area (Å²) in [6.07, 6.45) is 1.61. The van der Waals surface area contributed by atoms with E-state index in [-0.39, 0.29) is 11.5 Å². The molecule has 0 atom stereocenters. The quantitative estimate of drug-likeness (QED) is 0.644. The average Bonchev–Trinajstić information content (AvgIpc) is 2.29. The lowest BCUT2D eigenvalue weighted by Gasteiger charge is -2.19. The highest BCUT2D eigenvalue weighted by molar-refractivity contribution is 5.95. The van der Waals surface area contributed by atoms with Gasteiger partial charge in [-0.05, 0) is 31.5 Å². The Labute approximate surface area is 101 Å². The molecule has 0 heterocycles. The van der Waals surface area contributed by atoms with E-state index in [1.54, 1.807) is 13.0 Å². The molecule has 0 saturated carbocycles. The molecule has 3 nitrogen and oxygen atoms in total. The Balaban J connectivity index is 3.14. The van der Waals surface area contributed by atoms with Gasteiger partial charge < -0.3 is 10.6 Å². The maximum Gasteiger partial charge on any atom is 0.257 e. The van der Waals surface area contributed by atoms with Gasteiger partial charge in [0.15, 0.2) is 0 Å². The van der Waals surface area contributed by atoms with Gasteiger partial charge in [0.1, 0.15) is 5.82 Å². The molecule has 0 aliphatic rings. The molecule has 0 aromatic heterocycles. The first-order valence-electron chi connectivity index (χ1n) is 5.47. The largest absolute Gasteiger partial charge is 0.399 e. The van der Waals surface area contributed by atoms with Crippen molar-refractivity contribution in [2.75, 3.05) is 18.8 Å². The van der Waals surface area contributed by atoms with Gasteiger partial charge in [0.05, 0.1) is 5.56 Å². The Hall–Kier alpha value is -1.84. The molecule has 92 valence electrons. The van der Waals surface area contributed by atoms with E-state index in [9.17, 15) is 9.18 Å². The molecule has 0 bridgehead atoms. The van der Waals surface area contributed by atoms with Crippen LogP contribution in [0.1, 0.15) is 22.8 Å². The number of rotatable bonds is 4. The second kappa shape index (κ2) is 5.48. The van der Waals surface area contributed by atoms with Crippen LogP contribution in [0.25, 0.3) is 0 Å². The fourth-order valence-electron chi connectivity index (χ4n) is 1.63. The summed E-state index contributed by atoms with van der Waals surface area (Å²) in [6.45, 7) is 7.88. The van der Waals surface area contributed by atoms with Crippen molar-refractivity contribution in [1.29, 1.82) is 0 Å². The summed E-state index contributed by atoms with van der Waals surface area (Å²) in [7, 11) is 0. The Morgan fingerprint density at radius 3 is 2.76 bits per heavy atom. The lowest BCUT2D eigenvalue weighted by Crippen LogP contribution is -2.31. The third kappa shape index (κ3) is 2.84. The predicted octanol–water partition coefficient (Wildman–Crippen LogP) is 2.36. The molecule has 0 aliphatic heterocycles. The number of carbonyl (C=O) groups is 1. The first-order chi connectivity index (χ1) is 8.01. The van der Waals surface area contributed by atoms with Crippen LogP contribution < -0.4 is 5.73 Å². The van der Waals surface area contributed by atoms with Crippen molar-refractivity contribution < 1.29 is 9.18 Å². The maximum atomic E-state index is 13.8. The van der Waals surface area contributed by atoms with Crippen molar-refractivity contribution >= 4 is 11.6 Å². The van der Waals surface area contributed by atoms with Crippen LogP contribution in [0, 0.1) is 12.7 Å². The van der Waals surface area contributed by atoms with E-state index >= 15 is 0 Å². The Kier molecular flexibility index (Phi) is 4.26. The van der Waals surface area contributed by atoms with Crippen LogP contribution in [-0.2, 0) is 0 Å². The number of amides is 1. The van der Waals surface area contributed by atoms with E-state index in [2.05, 4.69) is 6.58 Å². The number of nitrogens with zero attached hydrogens (tertiary/aromatic N) is 1. The normalized spacial score (nSPS) is 10.1. The highest BCUT2D eigenvalue weighted by atomic mass is 19.1. The molecule has 1 aromatic carbocycles. The number of carbonyl (C=O) groups excluding carboxylic acids is 1. The molecule has 1 rings (SSSR count). The van der Waals surface area contributed by atoms with Crippen LogP contribution in [-0.4, -0.2) is 23.9 Å². The smallest absolute Gasteiger partial charge is 0.257 e. The minimum Gasteiger partial charge on any atom is -0.399 e. The van der Waals surface area contributed by atoms with Crippen molar-refractivity contribution in [3.63, 3.8) is 0 Å². The molecule has 0 unspecified atom stereocenters. The number of likely N-dealkylation sites (N-methyl/N-ethyl adjacent to an activating group) is 1. The van der Waals surface area contributed by atoms with E-state index in [0.29, 0.717) is 24.3 Å². The van der Waals surface area contributed by atoms with E-state index in [1.165, 1.54) is 17.0 Å². The van der Waals surface area contributed by atoms with Gasteiger partial charge >= 0.3 is 0 Å². The lowest BCUT2D eigenvalue weighted by molar-refractivity contribution is 0.0777. The third-order valence-corrected chi connectivity index (χ3v) is 2.53. The number of halogens is 1. The van der Waals surface area contributed by atoms with Crippen molar-refractivity contribution in [1.82, 2.24) is 4.90 Å². The summed E-state index contributed by atoms with van der Waals surface area (Å²) in [4.78, 5) is 13.6. The van der Waals surface area contributed by atoms with Crippen LogP contribution >= 0.6 is 0 Å². The molecular formula is C13H17FN2O. The lowest BCUT2D eigenvalue weighted by atomic mass is 10.1. The van der Waals surface area contributed by atoms with Crippen LogP contribution in [0.15, 0.2) is 24.8 Å². The molecule has 17 heavy (non-hydrogen) atoms. The first-order valence-corrected chi connectivity index (χ1v) is 5.47. The zero-order valence-electron chi connectivity index (χ0n) is 10.2. The second-order valence-electron chi connectivity index (χ2n) is 3.83. The van der Waals surface area contributed by atoms with Gasteiger partial charge in [-0.3, -0.25) is 4.79 Å². The van der Waals surface area contributed by atoms with E-state index < -0.39 is 5.82 Å². The van der Waals surface area contributed by atoms with Crippen molar-refractivity contribution in [2.24, 2.45) is 0 Å². The Morgan fingerprint density at radius 2 is 2.24 bits per heavy atom. The van der Waals surface area contributed by atoms with E-state index in [4.69, 9.17) is 5.73 Å². The number of aryl methyl sites for hydroxylation is 1. The zero-order chi connectivity index (χ0) is 13.0. The Morgan fingerprint density at radius 1 is 1.59 bits per heavy atom. The van der Waals surface area contributed by atoms with Crippen molar-refractivity contribution in [3.8, 4) is 0 Å². The zero-order valence-corrected chi connectivity index (χ0v) is 10.2. The summed E-state index contributed by atoms with van der Waals surface area (Å²) >= 11 is 0. The first kappa shape index (κ1) is 13.2. The molecule has 0 radical (unpaired) electrons. The van der Waals surface area contributed by atoms with Crippen molar-refractivity contribution in [3.05, 3.63) is 41.7 Å². The minimum absolute atomic E-state index is 0.0196. The topological polar surface area (TPSA) is 46.3 Å². The summed E-state index contributed by atoms with van der Waals surface area (Å²) < 4.78 is 13.8. The van der Waals surface area contributed by atoms with Gasteiger partial charge in [0, 0.05) is 18.8 Å². The van der Waals surface area contributed by atoms with Crippen LogP contribution in [0.4, 0.5) is 10.1 Å². The monoisotopic (exact) mass is 236 g/mol. The summed E-state index contributed by atoms with van der Waals surface area (Å²) in [5.41, 5.74) is 6.41. The maximum absolute atomic E-state index is 13.8. The van der Waals surface area contributed by atoms with Crippen LogP contribution in [0.3, 0.4) is 0 Å². The number of nitrogens with two attached hydrogens (primary N) is 1. The molecule has 0 spiro atoms. The van der Waals surface area contributed by atoms with Gasteiger partial charge in [-0.1, -0.05) is 6.08 Å². The summed E-state index contributed by atoms with van der Waals surface area (Å²) in [5, 5.41) is 0. The van der Waals surface area contributed by atoms with Gasteiger partial charge in [0.25, 0.3) is 5.91 Å². The molecule has 0 fully saturated rings. The highest BCUT2D eigenvalue weighted by Gasteiger charge is 2.19. The second-order valence-corrected chi connectivity index (χ2v) is 3.83. The standard InChI is InChI=1S/C13H17FN2O/c1-4-6-16(5-2)13(17)11-8-10(15)7-9(3)12(11)14/h4,7-8H,1,5-6,15H2,2-3H3. The van der Waals surface area contributed by atoms with Gasteiger partial charge in [0.2, 0.25) is 0 Å². The van der Waals surface area contributed by atoms with E-state index in [1.807, 2.05) is 6.92 Å². The fraction of sp³-hybridized carbons (Fsp3) is 0.308. The SMILES string of the molecule is C=CCN(CC)C(=O)c1cc(N)cc(C)c1F. The number of hydrogen-bond acceptors (Lipinski definition) is 2. The minimum atomic E-state index is -0.508. The third-order valence-electron chi connectivity index (χ3n) is 2.53. The number of hydrogen-bond donors (Lipinski definition) is 1. The summed E-state index contributed by atoms with van der Waals surface area (Å²) in [6, 6.07) is 2.88. The summed E-state index contributed by atoms with van der Waals surface area (Å²) in [5.74, 6) is -0.869. The van der Waals surface area contributed by atoms with Crippen molar-refractivity contribution in [2.45, 2.75) is 13.8 Å². The van der Waals surface area contributed by atoms with Crippen LogP contribution in [0.5, 0.6) is 0 Å². The van der Waals surface area contributed by atoms with Gasteiger partial charge in [-0.25, -0.2) is 4.39 Å². The van der Waals surface area contributed by atoms with E-state index in [0.717, 1.165) is 0 Å². The van der Waals surface area contributed by atoms with Gasteiger partial charge in [-0.2, -0.15) is 0 Å². The fourth-order valence-corrected chi connectivity index (χ4v) is 1.63. The molecule has 1 amide bonds. The molecular weight excluding hydrogens is 219 g/mol.